The van der Waals surface area contributed by atoms with Gasteiger partial charge < -0.3 is 0 Å². The van der Waals surface area contributed by atoms with E-state index in [2.05, 4.69) is 264 Å². The lowest BCUT2D eigenvalue weighted by molar-refractivity contribution is 1.09. The maximum absolute atomic E-state index is 3.68. The summed E-state index contributed by atoms with van der Waals surface area (Å²) in [7, 11) is -3.68. The van der Waals surface area contributed by atoms with E-state index >= 15 is 0 Å². The molecule has 1 heteroatoms. The predicted octanol–water partition coefficient (Wildman–Crippen LogP) is 15.2. The van der Waals surface area contributed by atoms with E-state index in [-0.39, 0.29) is 5.54 Å². The third-order valence-electron chi connectivity index (χ3n) is 13.9. The summed E-state index contributed by atoms with van der Waals surface area (Å²) >= 11 is 0. The Morgan fingerprint density at radius 2 is 0.422 bits per heavy atom. The molecule has 0 nitrogen and oxygen atoms in total. The van der Waals surface area contributed by atoms with Crippen LogP contribution in [0.1, 0.15) is 27.7 Å². The first-order valence-corrected chi connectivity index (χ1v) is 24.6. The quantitative estimate of drug-likeness (QED) is 0.0951. The fourth-order valence-electron chi connectivity index (χ4n) is 10.9. The average molecular weight is 837 g/mol. The SMILES string of the molecule is CC1=C(C)C([Si](c2c(-c3ccccc3)cccc2-c2ccccc2)(c2c(-c3ccccc3)cccc2-c2ccccc2)c2c(-c3ccccc3)cccc2-c2ccccc2)C(C)=C1C. The molecule has 0 fully saturated rings. The first kappa shape index (κ1) is 40.7. The molecule has 0 spiro atoms. The molecule has 0 radical (unpaired) electrons. The van der Waals surface area contributed by atoms with Gasteiger partial charge in [-0.2, -0.15) is 0 Å². The van der Waals surface area contributed by atoms with Crippen LogP contribution in [0.4, 0.5) is 0 Å². The zero-order valence-corrected chi connectivity index (χ0v) is 38.1. The summed E-state index contributed by atoms with van der Waals surface area (Å²) in [6.45, 7) is 9.65. The van der Waals surface area contributed by atoms with E-state index in [0.717, 1.165) is 0 Å². The van der Waals surface area contributed by atoms with Crippen LogP contribution in [-0.2, 0) is 0 Å². The van der Waals surface area contributed by atoms with Crippen molar-refractivity contribution in [2.75, 3.05) is 0 Å². The summed E-state index contributed by atoms with van der Waals surface area (Å²) in [5.41, 5.74) is 20.7. The Bertz CT molecular complexity index is 2650. The number of hydrogen-bond acceptors (Lipinski definition) is 0. The van der Waals surface area contributed by atoms with Crippen molar-refractivity contribution in [3.05, 3.63) is 259 Å². The Balaban J connectivity index is 1.59. The lowest BCUT2D eigenvalue weighted by Crippen LogP contribution is -2.72. The van der Waals surface area contributed by atoms with Gasteiger partial charge in [-0.15, -0.1) is 0 Å². The molecular weight excluding hydrogens is 785 g/mol. The summed E-state index contributed by atoms with van der Waals surface area (Å²) in [5.74, 6) is 0. The highest BCUT2D eigenvalue weighted by Crippen LogP contribution is 2.51. The molecule has 0 unspecified atom stereocenters. The molecule has 64 heavy (non-hydrogen) atoms. The van der Waals surface area contributed by atoms with Gasteiger partial charge in [-0.05, 0) is 121 Å². The number of hydrogen-bond donors (Lipinski definition) is 0. The molecule has 0 aliphatic heterocycles. The summed E-state index contributed by atoms with van der Waals surface area (Å²) in [6, 6.07) is 88.7. The molecule has 0 atom stereocenters. The van der Waals surface area contributed by atoms with Crippen molar-refractivity contribution in [1.29, 1.82) is 0 Å². The molecule has 0 saturated carbocycles. The molecule has 1 aliphatic rings. The second-order valence-electron chi connectivity index (χ2n) is 17.2. The predicted molar refractivity (Wildman–Crippen MR) is 277 cm³/mol. The fourth-order valence-corrected chi connectivity index (χ4v) is 18.2. The van der Waals surface area contributed by atoms with Gasteiger partial charge in [0.05, 0.1) is 0 Å². The summed E-state index contributed by atoms with van der Waals surface area (Å²) in [5, 5.41) is 4.29. The van der Waals surface area contributed by atoms with Crippen molar-refractivity contribution in [3.63, 3.8) is 0 Å². The van der Waals surface area contributed by atoms with Crippen molar-refractivity contribution in [2.45, 2.75) is 33.2 Å². The Hall–Kier alpha value is -7.32. The highest BCUT2D eigenvalue weighted by molar-refractivity contribution is 7.16. The van der Waals surface area contributed by atoms with Crippen molar-refractivity contribution >= 4 is 23.6 Å². The fraction of sp³-hybridized carbons (Fsp3) is 0.0794. The van der Waals surface area contributed by atoms with Crippen LogP contribution in [0.3, 0.4) is 0 Å². The molecular formula is C63H52Si. The smallest absolute Gasteiger partial charge is 0.0647 e. The largest absolute Gasteiger partial charge is 0.163 e. The zero-order chi connectivity index (χ0) is 43.6. The molecule has 0 amide bonds. The second kappa shape index (κ2) is 17.4. The van der Waals surface area contributed by atoms with Crippen LogP contribution in [-0.4, -0.2) is 8.07 Å². The molecule has 0 N–H and O–H groups in total. The third-order valence-corrected chi connectivity index (χ3v) is 19.6. The first-order valence-electron chi connectivity index (χ1n) is 22.6. The molecule has 0 bridgehead atoms. The van der Waals surface area contributed by atoms with E-state index in [9.17, 15) is 0 Å². The molecule has 9 aromatic rings. The topological polar surface area (TPSA) is 0 Å². The molecule has 308 valence electrons. The minimum absolute atomic E-state index is 0.0412. The average Bonchev–Trinajstić information content (AvgIpc) is 3.57. The first-order chi connectivity index (χ1) is 31.5. The van der Waals surface area contributed by atoms with Crippen LogP contribution < -0.4 is 15.6 Å². The Labute approximate surface area is 380 Å². The van der Waals surface area contributed by atoms with Crippen molar-refractivity contribution in [3.8, 4) is 66.8 Å². The maximum atomic E-state index is 2.45. The highest BCUT2D eigenvalue weighted by atomic mass is 28.3. The summed E-state index contributed by atoms with van der Waals surface area (Å²) in [4.78, 5) is 0. The van der Waals surface area contributed by atoms with Gasteiger partial charge in [0, 0.05) is 5.54 Å². The lowest BCUT2D eigenvalue weighted by Gasteiger charge is -2.47. The van der Waals surface area contributed by atoms with E-state index in [4.69, 9.17) is 0 Å². The van der Waals surface area contributed by atoms with Crippen LogP contribution in [0, 0.1) is 0 Å². The van der Waals surface area contributed by atoms with Gasteiger partial charge in [0.15, 0.2) is 8.07 Å². The van der Waals surface area contributed by atoms with Crippen LogP contribution >= 0.6 is 0 Å². The van der Waals surface area contributed by atoms with Crippen molar-refractivity contribution in [1.82, 2.24) is 0 Å². The third kappa shape index (κ3) is 6.94. The van der Waals surface area contributed by atoms with Gasteiger partial charge in [0.2, 0.25) is 0 Å². The number of benzene rings is 9. The molecule has 1 aliphatic carbocycles. The van der Waals surface area contributed by atoms with Crippen molar-refractivity contribution < 1.29 is 0 Å². The summed E-state index contributed by atoms with van der Waals surface area (Å²) < 4.78 is 0. The normalized spacial score (nSPS) is 13.1. The van der Waals surface area contributed by atoms with Crippen LogP contribution in [0.15, 0.2) is 259 Å². The number of rotatable bonds is 10. The second-order valence-corrected chi connectivity index (χ2v) is 20.9. The molecule has 0 aromatic heterocycles. The van der Waals surface area contributed by atoms with E-state index in [0.29, 0.717) is 0 Å². The Morgan fingerprint density at radius 1 is 0.234 bits per heavy atom. The van der Waals surface area contributed by atoms with Gasteiger partial charge in [-0.1, -0.05) is 248 Å². The number of allylic oxidation sites excluding steroid dienone is 4. The minimum Gasteiger partial charge on any atom is -0.0647 e. The Kier molecular flexibility index (Phi) is 11.1. The molecule has 0 heterocycles. The van der Waals surface area contributed by atoms with Crippen LogP contribution in [0.5, 0.6) is 0 Å². The van der Waals surface area contributed by atoms with E-state index in [1.807, 2.05) is 0 Å². The van der Waals surface area contributed by atoms with Crippen molar-refractivity contribution in [2.24, 2.45) is 0 Å². The molecule has 0 saturated heterocycles. The van der Waals surface area contributed by atoms with Gasteiger partial charge in [0.25, 0.3) is 0 Å². The highest BCUT2D eigenvalue weighted by Gasteiger charge is 2.56. The van der Waals surface area contributed by atoms with E-state index in [1.165, 1.54) is 105 Å². The van der Waals surface area contributed by atoms with Gasteiger partial charge >= 0.3 is 0 Å². The van der Waals surface area contributed by atoms with Crippen LogP contribution in [0.25, 0.3) is 66.8 Å². The van der Waals surface area contributed by atoms with E-state index < -0.39 is 8.07 Å². The molecule has 9 aromatic carbocycles. The summed E-state index contributed by atoms with van der Waals surface area (Å²) in [6.07, 6.45) is 0. The van der Waals surface area contributed by atoms with Gasteiger partial charge in [0.1, 0.15) is 0 Å². The lowest BCUT2D eigenvalue weighted by atomic mass is 9.97. The standard InChI is InChI=1S/C63H52Si/c1-44-45(2)47(4)60(46(44)3)64(61-54(48-26-11-5-12-27-48)38-23-39-55(61)49-28-13-6-14-29-49,62-56(50-30-15-7-16-31-50)40-24-41-57(62)51-32-17-8-18-33-51)63-58(52-34-19-9-20-35-52)42-25-43-59(63)53-36-21-10-22-37-53/h5-43,60H,1-4H3. The van der Waals surface area contributed by atoms with Crippen LogP contribution in [0.2, 0.25) is 5.54 Å². The molecule has 10 rings (SSSR count). The van der Waals surface area contributed by atoms with E-state index in [1.54, 1.807) is 0 Å². The van der Waals surface area contributed by atoms with Gasteiger partial charge in [-0.25, -0.2) is 0 Å². The zero-order valence-electron chi connectivity index (χ0n) is 37.1. The maximum Gasteiger partial charge on any atom is 0.163 e. The Morgan fingerprint density at radius 3 is 0.609 bits per heavy atom. The monoisotopic (exact) mass is 836 g/mol. The minimum atomic E-state index is -3.68. The van der Waals surface area contributed by atoms with Gasteiger partial charge in [-0.3, -0.25) is 0 Å².